The zero-order valence-corrected chi connectivity index (χ0v) is 70.3. The molecule has 14 amide bonds. The molecule has 44 nitrogen and oxygen atoms in total. The van der Waals surface area contributed by atoms with Crippen LogP contribution in [0.25, 0.3) is 10.9 Å². The highest BCUT2D eigenvalue weighted by atomic mass is 16.4. The van der Waals surface area contributed by atoms with Crippen LogP contribution in [0.15, 0.2) is 104 Å². The van der Waals surface area contributed by atoms with E-state index in [9.17, 15) is 72.9 Å². The third-order valence-electron chi connectivity index (χ3n) is 21.6. The first-order valence-electron chi connectivity index (χ1n) is 42.0. The Bertz CT molecular complexity index is 4690. The monoisotopic (exact) mass is 1770 g/mol. The van der Waals surface area contributed by atoms with Gasteiger partial charge in [0.15, 0.2) is 11.9 Å². The summed E-state index contributed by atoms with van der Waals surface area (Å²) in [6.45, 7) is -0.597. The highest BCUT2D eigenvalue weighted by Gasteiger charge is 2.46. The Morgan fingerprint density at radius 2 is 1.09 bits per heavy atom. The van der Waals surface area contributed by atoms with E-state index < -0.39 is 217 Å². The number of aliphatic carboxylic acids is 3. The van der Waals surface area contributed by atoms with E-state index in [1.165, 1.54) is 29.2 Å². The van der Waals surface area contributed by atoms with E-state index in [1.807, 2.05) is 0 Å². The molecule has 12 atom stereocenters. The summed E-state index contributed by atoms with van der Waals surface area (Å²) in [5.41, 5.74) is 19.6. The first-order valence-corrected chi connectivity index (χ1v) is 42.0. The van der Waals surface area contributed by atoms with Crippen molar-refractivity contribution in [3.8, 4) is 0 Å². The smallest absolute Gasteiger partial charge is 0.317 e. The molecule has 3 saturated heterocycles. The molecule has 0 spiro atoms. The summed E-state index contributed by atoms with van der Waals surface area (Å²) in [4.78, 5) is 254. The highest BCUT2D eigenvalue weighted by Crippen LogP contribution is 2.28. The fraction of sp³-hybridized carbons (Fsp3) is 0.494. The Hall–Kier alpha value is -14.1. The molecule has 3 aliphatic heterocycles. The van der Waals surface area contributed by atoms with Crippen LogP contribution >= 0.6 is 0 Å². The molecule has 26 N–H and O–H groups in total. The van der Waals surface area contributed by atoms with Gasteiger partial charge in [-0.3, -0.25) is 97.2 Å². The third kappa shape index (κ3) is 31.9. The number of para-hydroxylation sites is 1. The molecule has 8 rings (SSSR count). The fourth-order valence-corrected chi connectivity index (χ4v) is 15.3. The summed E-state index contributed by atoms with van der Waals surface area (Å²) in [6.07, 6.45) is 1.24. The Balaban J connectivity index is 1.07. The number of carboxylic acids is 3. The number of hydrogen-bond donors (Lipinski definition) is 23. The number of nitrogens with two attached hydrogens (primary N) is 3. The zero-order valence-electron chi connectivity index (χ0n) is 70.3. The minimum atomic E-state index is -2.01. The van der Waals surface area contributed by atoms with Crippen molar-refractivity contribution in [3.63, 3.8) is 0 Å². The van der Waals surface area contributed by atoms with Crippen molar-refractivity contribution in [2.45, 2.75) is 208 Å². The molecule has 44 heteroatoms. The molecule has 3 aromatic carbocycles. The molecule has 127 heavy (non-hydrogen) atoms. The van der Waals surface area contributed by atoms with Gasteiger partial charge in [-0.25, -0.2) is 4.98 Å². The van der Waals surface area contributed by atoms with E-state index in [2.05, 4.69) is 84.1 Å². The van der Waals surface area contributed by atoms with Crippen molar-refractivity contribution in [1.82, 2.24) is 98.8 Å². The van der Waals surface area contributed by atoms with Gasteiger partial charge >= 0.3 is 17.9 Å². The van der Waals surface area contributed by atoms with Crippen LogP contribution in [0.4, 0.5) is 0 Å². The van der Waals surface area contributed by atoms with Crippen molar-refractivity contribution in [2.75, 3.05) is 52.4 Å². The van der Waals surface area contributed by atoms with Gasteiger partial charge in [0.05, 0.1) is 25.8 Å². The van der Waals surface area contributed by atoms with E-state index in [0.29, 0.717) is 33.3 Å². The van der Waals surface area contributed by atoms with E-state index >= 15 is 24.0 Å². The summed E-state index contributed by atoms with van der Waals surface area (Å²) in [5, 5.41) is 79.6. The molecule has 2 aromatic heterocycles. The lowest BCUT2D eigenvalue weighted by Gasteiger charge is -2.34. The molecule has 5 aromatic rings. The summed E-state index contributed by atoms with van der Waals surface area (Å²) in [5.74, 6) is -17.8. The number of likely N-dealkylation sites (tertiary alicyclic amines) is 2. The van der Waals surface area contributed by atoms with Crippen molar-refractivity contribution in [3.05, 3.63) is 126 Å². The summed E-state index contributed by atoms with van der Waals surface area (Å²) < 4.78 is 0. The quantitative estimate of drug-likeness (QED) is 0.0101. The number of aromatic amines is 2. The van der Waals surface area contributed by atoms with Gasteiger partial charge in [-0.05, 0) is 119 Å². The number of nitrogens with one attached hydrogen (secondary N) is 17. The lowest BCUT2D eigenvalue weighted by molar-refractivity contribution is -0.148. The summed E-state index contributed by atoms with van der Waals surface area (Å²) >= 11 is 0. The fourth-order valence-electron chi connectivity index (χ4n) is 15.3. The van der Waals surface area contributed by atoms with Gasteiger partial charge in [-0.1, -0.05) is 78.9 Å². The lowest BCUT2D eigenvalue weighted by atomic mass is 10.0. The molecule has 3 fully saturated rings. The minimum Gasteiger partial charge on any atom is -0.481 e. The number of fused-ring (bicyclic) bond motifs is 1. The van der Waals surface area contributed by atoms with Crippen molar-refractivity contribution >= 4 is 123 Å². The predicted octanol–water partition coefficient (Wildman–Crippen LogP) is -4.17. The van der Waals surface area contributed by atoms with Gasteiger partial charge in [0.1, 0.15) is 72.5 Å². The molecule has 0 saturated carbocycles. The SMILES string of the molecule is CC(=O)NC1CCCNC(=O)CCC(C(=O)N2CCCC2C(=O)N2CCCC2C(=O)NC(CCCNC(=N)N)C(=O)NC(CC(=O)O)C(=O)NC(CCCCN(CC(=O)O)CC(=O)O)C(=O)NC(Cc2ccccc2)C(N)=O)NC(=O)C(Cc2c[nH]c3ccccc23)NC(=O)C(CCCNC(=N)N)NC(=O)C(Cc2ccccc2)NC(=O)C(Cc2cnc[nH]2)NC1=O. The van der Waals surface area contributed by atoms with E-state index in [0.717, 1.165) is 4.90 Å². The summed E-state index contributed by atoms with van der Waals surface area (Å²) in [6, 6.07) is 5.61. The first-order chi connectivity index (χ1) is 60.7. The van der Waals surface area contributed by atoms with Gasteiger partial charge in [-0.2, -0.15) is 0 Å². The Morgan fingerprint density at radius 3 is 1.72 bits per heavy atom. The number of amides is 14. The average molecular weight is 1770 g/mol. The number of rotatable bonds is 39. The number of nitrogens with zero attached hydrogens (tertiary/aromatic N) is 4. The van der Waals surface area contributed by atoms with Crippen molar-refractivity contribution in [2.24, 2.45) is 17.2 Å². The molecule has 12 unspecified atom stereocenters. The summed E-state index contributed by atoms with van der Waals surface area (Å²) in [7, 11) is 0. The standard InChI is InChI=1S/C83H114N24O20/c1-47(108)95-54-24-12-31-90-66(109)30-29-58(99-76(122)61(39-50-42-93-53-22-9-8-21-52(50)53)102-73(119)56(25-13-32-91-82(85)86)97-75(121)60(38-49-19-6-3-7-20-49)101-77(123)62(103-71(54)117)40-51-43-89-46-94-51)80(126)107-36-16-28-65(107)81(127)106-35-15-27-64(106)79(125)98-57(26-14-33-92-83(87)88)74(120)104-63(41-67(110)111)78(124)96-55(23-10-11-34-105(44-68(112)113)45-69(114)115)72(118)100-59(70(84)116)37-48-17-4-2-5-18-48/h2-9,17-22,42-43,46,54-65,93H,10-16,23-41,44-45H2,1H3,(H2,84,116)(H,89,94)(H,90,109)(H,95,108)(H,96,124)(H,97,121)(H,98,125)(H,99,122)(H,100,118)(H,101,123)(H,102,119)(H,103,117)(H,104,120)(H,110,111)(H,112,113)(H,114,115)(H4,85,86,91)(H4,87,88,92). The number of carbonyl (C=O) groups excluding carboxylic acids is 14. The van der Waals surface area contributed by atoms with Crippen LogP contribution in [0.5, 0.6) is 0 Å². The van der Waals surface area contributed by atoms with E-state index in [4.69, 9.17) is 28.0 Å². The van der Waals surface area contributed by atoms with Crippen LogP contribution in [-0.2, 0) is 107 Å². The number of carboxylic acid groups (broad SMARTS) is 3. The van der Waals surface area contributed by atoms with Crippen LogP contribution < -0.4 is 86.3 Å². The zero-order chi connectivity index (χ0) is 92.2. The second-order valence-electron chi connectivity index (χ2n) is 31.4. The molecule has 0 bridgehead atoms. The normalized spacial score (nSPS) is 20.2. The number of carbonyl (C=O) groups is 17. The molecular weight excluding hydrogens is 1650 g/mol. The maximum atomic E-state index is 15.7. The predicted molar refractivity (Wildman–Crippen MR) is 456 cm³/mol. The Kier molecular flexibility index (Phi) is 38.3. The number of hydrogen-bond acceptors (Lipinski definition) is 21. The van der Waals surface area contributed by atoms with Gasteiger partial charge in [0.25, 0.3) is 0 Å². The number of guanidine groups is 2. The maximum Gasteiger partial charge on any atom is 0.317 e. The molecule has 686 valence electrons. The van der Waals surface area contributed by atoms with Gasteiger partial charge < -0.3 is 121 Å². The third-order valence-corrected chi connectivity index (χ3v) is 21.6. The van der Waals surface area contributed by atoms with E-state index in [1.54, 1.807) is 91.1 Å². The highest BCUT2D eigenvalue weighted by molar-refractivity contribution is 6.01. The average Bonchev–Trinajstić information content (AvgIpc) is 1.66. The maximum absolute atomic E-state index is 15.7. The topological polar surface area (TPSA) is 687 Å². The lowest BCUT2D eigenvalue weighted by Crippen LogP contribution is -2.61. The van der Waals surface area contributed by atoms with Gasteiger partial charge in [0, 0.05) is 101 Å². The van der Waals surface area contributed by atoms with Crippen molar-refractivity contribution in [1.29, 1.82) is 10.8 Å². The second kappa shape index (κ2) is 49.4. The number of primary amides is 1. The van der Waals surface area contributed by atoms with Crippen LogP contribution in [-0.4, -0.2) is 282 Å². The van der Waals surface area contributed by atoms with Crippen LogP contribution in [0, 0.1) is 10.8 Å². The van der Waals surface area contributed by atoms with Crippen LogP contribution in [0.1, 0.15) is 132 Å². The Labute approximate surface area is 730 Å². The van der Waals surface area contributed by atoms with Crippen LogP contribution in [0.2, 0.25) is 0 Å². The largest absolute Gasteiger partial charge is 0.481 e. The molecule has 0 radical (unpaired) electrons. The molecule has 5 heterocycles. The first kappa shape index (κ1) is 98.3. The van der Waals surface area contributed by atoms with Gasteiger partial charge in [0.2, 0.25) is 82.7 Å². The van der Waals surface area contributed by atoms with Crippen LogP contribution in [0.3, 0.4) is 0 Å². The molecular formula is C83H114N24O20. The number of H-pyrrole nitrogens is 2. The van der Waals surface area contributed by atoms with E-state index in [-0.39, 0.29) is 148 Å². The number of benzene rings is 3. The second-order valence-corrected chi connectivity index (χ2v) is 31.4. The van der Waals surface area contributed by atoms with Crippen molar-refractivity contribution < 1.29 is 96.8 Å². The number of aromatic nitrogens is 3. The Morgan fingerprint density at radius 1 is 0.551 bits per heavy atom. The van der Waals surface area contributed by atoms with Gasteiger partial charge in [-0.15, -0.1) is 0 Å². The molecule has 0 aliphatic carbocycles. The molecule has 3 aliphatic rings. The number of imidazole rings is 1. The number of unbranched alkanes of at least 4 members (excludes halogenated alkanes) is 1. The minimum absolute atomic E-state index is 0.00445.